The highest BCUT2D eigenvalue weighted by Gasteiger charge is 2.34. The predicted molar refractivity (Wildman–Crippen MR) is 78.5 cm³/mol. The van der Waals surface area contributed by atoms with Crippen LogP contribution in [0.5, 0.6) is 0 Å². The molecule has 1 N–H and O–H groups in total. The summed E-state index contributed by atoms with van der Waals surface area (Å²) in [6.45, 7) is 5.51. The molecule has 118 valence electrons. The van der Waals surface area contributed by atoms with Gasteiger partial charge >= 0.3 is 6.18 Å². The molecular formula is C15H20ClF3N2. The Balaban J connectivity index is 2.31. The molecule has 0 aromatic heterocycles. The maximum Gasteiger partial charge on any atom is 0.417 e. The zero-order valence-electron chi connectivity index (χ0n) is 12.0. The molecule has 0 amide bonds. The second kappa shape index (κ2) is 6.99. The molecule has 1 atom stereocenters. The lowest BCUT2D eigenvalue weighted by Gasteiger charge is -2.35. The minimum Gasteiger partial charge on any atom is -0.314 e. The third-order valence-electron chi connectivity index (χ3n) is 3.84. The van der Waals surface area contributed by atoms with Crippen molar-refractivity contribution in [2.45, 2.75) is 32.0 Å². The lowest BCUT2D eigenvalue weighted by molar-refractivity contribution is -0.137. The van der Waals surface area contributed by atoms with Gasteiger partial charge in [-0.15, -0.1) is 0 Å². The molecule has 2 rings (SSSR count). The second-order valence-electron chi connectivity index (χ2n) is 5.33. The highest BCUT2D eigenvalue weighted by molar-refractivity contribution is 6.31. The van der Waals surface area contributed by atoms with Crippen LogP contribution in [0.4, 0.5) is 13.2 Å². The molecule has 6 heteroatoms. The van der Waals surface area contributed by atoms with Crippen molar-refractivity contribution in [2.24, 2.45) is 0 Å². The molecule has 1 aliphatic rings. The van der Waals surface area contributed by atoms with Gasteiger partial charge in [0, 0.05) is 32.2 Å². The van der Waals surface area contributed by atoms with Crippen molar-refractivity contribution in [2.75, 3.05) is 26.2 Å². The fourth-order valence-electron chi connectivity index (χ4n) is 2.79. The Morgan fingerprint density at radius 2 is 1.95 bits per heavy atom. The summed E-state index contributed by atoms with van der Waals surface area (Å²) in [7, 11) is 0. The van der Waals surface area contributed by atoms with Crippen LogP contribution >= 0.6 is 11.6 Å². The van der Waals surface area contributed by atoms with Crippen LogP contribution in [-0.4, -0.2) is 31.1 Å². The van der Waals surface area contributed by atoms with Crippen LogP contribution < -0.4 is 5.32 Å². The summed E-state index contributed by atoms with van der Waals surface area (Å²) >= 11 is 5.70. The molecule has 0 unspecified atom stereocenters. The van der Waals surface area contributed by atoms with Crippen molar-refractivity contribution in [3.63, 3.8) is 0 Å². The molecule has 0 aliphatic carbocycles. The van der Waals surface area contributed by atoms with E-state index in [0.29, 0.717) is 5.56 Å². The van der Waals surface area contributed by atoms with E-state index in [1.165, 1.54) is 12.1 Å². The fraction of sp³-hybridized carbons (Fsp3) is 0.600. The van der Waals surface area contributed by atoms with Gasteiger partial charge in [0.2, 0.25) is 0 Å². The zero-order chi connectivity index (χ0) is 15.5. The second-order valence-corrected chi connectivity index (χ2v) is 5.73. The maximum atomic E-state index is 13.0. The molecule has 0 bridgehead atoms. The molecule has 1 aliphatic heterocycles. The van der Waals surface area contributed by atoms with Gasteiger partial charge < -0.3 is 5.32 Å². The van der Waals surface area contributed by atoms with Crippen LogP contribution in [0.3, 0.4) is 0 Å². The average Bonchev–Trinajstić information content (AvgIpc) is 2.45. The maximum absolute atomic E-state index is 13.0. The third kappa shape index (κ3) is 4.11. The van der Waals surface area contributed by atoms with Gasteiger partial charge in [0.1, 0.15) is 0 Å². The summed E-state index contributed by atoms with van der Waals surface area (Å²) < 4.78 is 39.0. The Labute approximate surface area is 128 Å². The summed E-state index contributed by atoms with van der Waals surface area (Å²) in [6, 6.07) is 4.32. The van der Waals surface area contributed by atoms with E-state index in [9.17, 15) is 13.2 Å². The van der Waals surface area contributed by atoms with Gasteiger partial charge in [-0.05, 0) is 24.1 Å². The van der Waals surface area contributed by atoms with Gasteiger partial charge in [0.15, 0.2) is 0 Å². The van der Waals surface area contributed by atoms with Crippen LogP contribution in [0.15, 0.2) is 18.2 Å². The minimum atomic E-state index is -4.41. The SMILES string of the molecule is CCC[C@H](c1ccc(Cl)c(C(F)(F)F)c1)N1CCNCC1. The summed E-state index contributed by atoms with van der Waals surface area (Å²) in [5.74, 6) is 0. The first-order valence-corrected chi connectivity index (χ1v) is 7.62. The molecule has 2 nitrogen and oxygen atoms in total. The highest BCUT2D eigenvalue weighted by Crippen LogP contribution is 2.37. The number of alkyl halides is 3. The van der Waals surface area contributed by atoms with E-state index in [4.69, 9.17) is 11.6 Å². The summed E-state index contributed by atoms with van der Waals surface area (Å²) in [4.78, 5) is 2.25. The van der Waals surface area contributed by atoms with Gasteiger partial charge in [-0.25, -0.2) is 0 Å². The van der Waals surface area contributed by atoms with Crippen LogP contribution in [0.2, 0.25) is 5.02 Å². The van der Waals surface area contributed by atoms with Crippen LogP contribution in [0.1, 0.15) is 36.9 Å². The van der Waals surface area contributed by atoms with Crippen molar-refractivity contribution in [1.82, 2.24) is 10.2 Å². The fourth-order valence-corrected chi connectivity index (χ4v) is 3.02. The lowest BCUT2D eigenvalue weighted by atomic mass is 9.97. The summed E-state index contributed by atoms with van der Waals surface area (Å²) in [6.07, 6.45) is -2.63. The number of hydrogen-bond donors (Lipinski definition) is 1. The number of piperazine rings is 1. The van der Waals surface area contributed by atoms with Crippen LogP contribution in [0.25, 0.3) is 0 Å². The number of nitrogens with one attached hydrogen (secondary N) is 1. The Bertz CT molecular complexity index is 470. The molecule has 1 heterocycles. The molecule has 1 saturated heterocycles. The standard InChI is InChI=1S/C15H20ClF3N2/c1-2-3-14(21-8-6-20-7-9-21)11-4-5-13(16)12(10-11)15(17,18)19/h4-5,10,14,20H,2-3,6-9H2,1H3/t14-/m1/s1. The van der Waals surface area contributed by atoms with Crippen molar-refractivity contribution in [3.05, 3.63) is 34.3 Å². The third-order valence-corrected chi connectivity index (χ3v) is 4.16. The van der Waals surface area contributed by atoms with E-state index in [1.807, 2.05) is 0 Å². The average molecular weight is 321 g/mol. The predicted octanol–water partition coefficient (Wildman–Crippen LogP) is 4.11. The molecule has 1 fully saturated rings. The molecule has 1 aromatic carbocycles. The summed E-state index contributed by atoms with van der Waals surface area (Å²) in [5, 5.41) is 3.03. The number of hydrogen-bond acceptors (Lipinski definition) is 2. The highest BCUT2D eigenvalue weighted by atomic mass is 35.5. The smallest absolute Gasteiger partial charge is 0.314 e. The van der Waals surface area contributed by atoms with E-state index in [0.717, 1.165) is 39.0 Å². The molecule has 21 heavy (non-hydrogen) atoms. The quantitative estimate of drug-likeness (QED) is 0.898. The Morgan fingerprint density at radius 1 is 1.29 bits per heavy atom. The number of halogens is 4. The number of nitrogens with zero attached hydrogens (tertiary/aromatic N) is 1. The molecule has 0 saturated carbocycles. The van der Waals surface area contributed by atoms with Crippen molar-refractivity contribution < 1.29 is 13.2 Å². The van der Waals surface area contributed by atoms with E-state index in [-0.39, 0.29) is 11.1 Å². The van der Waals surface area contributed by atoms with Crippen LogP contribution in [-0.2, 0) is 6.18 Å². The van der Waals surface area contributed by atoms with Gasteiger partial charge in [0.05, 0.1) is 10.6 Å². The normalized spacial score (nSPS) is 18.7. The van der Waals surface area contributed by atoms with Gasteiger partial charge in [-0.1, -0.05) is 31.0 Å². The van der Waals surface area contributed by atoms with Gasteiger partial charge in [0.25, 0.3) is 0 Å². The van der Waals surface area contributed by atoms with Crippen LogP contribution in [0, 0.1) is 0 Å². The Morgan fingerprint density at radius 3 is 2.52 bits per heavy atom. The molecule has 1 aromatic rings. The molecule has 0 spiro atoms. The lowest BCUT2D eigenvalue weighted by Crippen LogP contribution is -2.45. The zero-order valence-corrected chi connectivity index (χ0v) is 12.8. The topological polar surface area (TPSA) is 15.3 Å². The monoisotopic (exact) mass is 320 g/mol. The van der Waals surface area contributed by atoms with E-state index < -0.39 is 11.7 Å². The molecular weight excluding hydrogens is 301 g/mol. The minimum absolute atomic E-state index is 0.0236. The Kier molecular flexibility index (Phi) is 5.52. The van der Waals surface area contributed by atoms with Crippen molar-refractivity contribution in [3.8, 4) is 0 Å². The first-order chi connectivity index (χ1) is 9.93. The largest absolute Gasteiger partial charge is 0.417 e. The van der Waals surface area contributed by atoms with E-state index in [1.54, 1.807) is 6.07 Å². The molecule has 0 radical (unpaired) electrons. The Hall–Kier alpha value is -0.780. The van der Waals surface area contributed by atoms with Crippen molar-refractivity contribution >= 4 is 11.6 Å². The van der Waals surface area contributed by atoms with Crippen molar-refractivity contribution in [1.29, 1.82) is 0 Å². The van der Waals surface area contributed by atoms with E-state index in [2.05, 4.69) is 17.1 Å². The number of rotatable bonds is 4. The van der Waals surface area contributed by atoms with Gasteiger partial charge in [-0.2, -0.15) is 13.2 Å². The first kappa shape index (κ1) is 16.6. The first-order valence-electron chi connectivity index (χ1n) is 7.25. The number of benzene rings is 1. The van der Waals surface area contributed by atoms with Gasteiger partial charge in [-0.3, -0.25) is 4.90 Å². The van der Waals surface area contributed by atoms with E-state index >= 15 is 0 Å². The summed E-state index contributed by atoms with van der Waals surface area (Å²) in [5.41, 5.74) is -0.0339.